The van der Waals surface area contributed by atoms with E-state index in [1.807, 2.05) is 0 Å². The average molecular weight is 1280 g/mol. The Kier molecular flexibility index (Phi) is 26.2. The van der Waals surface area contributed by atoms with Gasteiger partial charge >= 0.3 is 36.5 Å². The number of likely N-dealkylation sites (N-methyl/N-ethyl adjacent to an activating group) is 1. The van der Waals surface area contributed by atoms with E-state index in [1.165, 1.54) is 62.5 Å². The van der Waals surface area contributed by atoms with Crippen LogP contribution in [0, 0.1) is 30.3 Å². The zero-order valence-electron chi connectivity index (χ0n) is 48.8. The van der Waals surface area contributed by atoms with Crippen LogP contribution in [0.5, 0.6) is 0 Å². The SMILES string of the molecule is C[C@@H]([C@@H](O)[C@H](OCCO)O[C@@H]1[C@@H](O)[C@H](O[C@H]2OC(CNC(=O)C(F)(F)F)=CC[C@H]2NC(=O)OCc2ccc([N+](=O)[O-])cc2)[C@@H](NC(=O)OCc2ccc([N+](=O)[O-])cc2)C[C@H]1NC(=O)[C@@H](O)CCNC(=O)OCc1ccc([N+](=O)[O-])cc1)N(C)C(=O)OC(C)(C)C. The lowest BCUT2D eigenvalue weighted by Crippen LogP contribution is -2.68. The first-order valence-corrected chi connectivity index (χ1v) is 27.4. The minimum atomic E-state index is -5.36. The Labute approximate surface area is 509 Å². The summed E-state index contributed by atoms with van der Waals surface area (Å²) in [6.07, 6.45) is -24.4. The lowest BCUT2D eigenvalue weighted by Gasteiger charge is -2.47. The van der Waals surface area contributed by atoms with E-state index in [2.05, 4.69) is 21.3 Å². The number of nitrogens with one attached hydrogen (secondary N) is 5. The van der Waals surface area contributed by atoms with Crippen LogP contribution in [-0.4, -0.2) is 189 Å². The van der Waals surface area contributed by atoms with Crippen LogP contribution in [0.3, 0.4) is 0 Å². The van der Waals surface area contributed by atoms with E-state index in [-0.39, 0.29) is 41.2 Å². The summed E-state index contributed by atoms with van der Waals surface area (Å²) in [5.41, 5.74) is -0.950. The molecule has 9 N–H and O–H groups in total. The number of rotatable bonds is 28. The molecule has 3 aromatic rings. The number of hydrogen-bond donors (Lipinski definition) is 9. The van der Waals surface area contributed by atoms with Gasteiger partial charge in [0.15, 0.2) is 6.29 Å². The number of non-ortho nitro benzene ring substituents is 3. The Hall–Kier alpha value is -9.07. The number of nitro groups is 3. The second-order valence-electron chi connectivity index (χ2n) is 21.1. The number of hydrogen-bond acceptors (Lipinski definition) is 24. The molecule has 0 spiro atoms. The summed E-state index contributed by atoms with van der Waals surface area (Å²) in [6.45, 7) is 1.99. The minimum Gasteiger partial charge on any atom is -0.465 e. The minimum absolute atomic E-state index is 0.216. The highest BCUT2D eigenvalue weighted by atomic mass is 19.4. The van der Waals surface area contributed by atoms with Gasteiger partial charge in [-0.1, -0.05) is 0 Å². The molecule has 0 saturated heterocycles. The van der Waals surface area contributed by atoms with Crippen LogP contribution in [0.4, 0.5) is 49.4 Å². The largest absolute Gasteiger partial charge is 0.471 e. The predicted molar refractivity (Wildman–Crippen MR) is 298 cm³/mol. The average Bonchev–Trinajstić information content (AvgIpc) is 0.797. The summed E-state index contributed by atoms with van der Waals surface area (Å²) < 4.78 is 85.7. The van der Waals surface area contributed by atoms with Crippen molar-refractivity contribution < 1.29 is 115 Å². The number of benzene rings is 3. The number of nitrogens with zero attached hydrogens (tertiary/aromatic N) is 4. The molecule has 5 rings (SSSR count). The van der Waals surface area contributed by atoms with Crippen molar-refractivity contribution in [1.82, 2.24) is 31.5 Å². The summed E-state index contributed by atoms with van der Waals surface area (Å²) in [5, 5.41) is 90.6. The number of halogens is 3. The summed E-state index contributed by atoms with van der Waals surface area (Å²) in [6, 6.07) is 8.59. The number of carbonyl (C=O) groups excluding carboxylic acids is 6. The molecule has 3 aromatic carbocycles. The zero-order valence-corrected chi connectivity index (χ0v) is 48.8. The molecule has 0 radical (unpaired) electrons. The standard InChI is InChI=1S/C54H68F3N9O24/c1-29(63(5)52(76)90-53(2,3)4)41(69)47(83-23-22-67)89-43-38(60-45(71)40(68)20-21-58-49(73)84-26-30-6-12-33(13-7-30)64(77)78)24-39(62-51(75)86-28-32-10-16-35(17-11-32)66(81)82)44(42(43)70)88-46-37(19-18-36(87-46)25-59-48(72)54(55,56)57)61-50(74)85-27-31-8-14-34(15-9-31)65(79)80/h6-18,29,37-44,46-47,67-70H,19-28H2,1-5H3,(H,58,73)(H,59,72)(H,60,71)(H,61,74)(H,62,75)/t29-,37+,38+,39-,40-,41+,42+,43-,44+,46+,47+/m0/s1. The zero-order chi connectivity index (χ0) is 66.6. The maximum atomic E-state index is 14.0. The molecule has 1 fully saturated rings. The van der Waals surface area contributed by atoms with Crippen LogP contribution in [0.25, 0.3) is 0 Å². The number of carbonyl (C=O) groups is 6. The Balaban J connectivity index is 1.51. The topological polar surface area (TPSA) is 450 Å². The quantitative estimate of drug-likeness (QED) is 0.0218. The fraction of sp³-hybridized carbons (Fsp3) is 0.519. The van der Waals surface area contributed by atoms with E-state index in [4.69, 9.17) is 37.9 Å². The van der Waals surface area contributed by atoms with Gasteiger partial charge in [-0.2, -0.15) is 13.2 Å². The number of ether oxygens (including phenoxy) is 8. The Morgan fingerprint density at radius 2 is 1.20 bits per heavy atom. The van der Waals surface area contributed by atoms with Crippen molar-refractivity contribution >= 4 is 53.2 Å². The van der Waals surface area contributed by atoms with Crippen molar-refractivity contribution in [1.29, 1.82) is 0 Å². The third-order valence-corrected chi connectivity index (χ3v) is 13.3. The lowest BCUT2D eigenvalue weighted by molar-refractivity contribution is -0.385. The predicted octanol–water partition coefficient (Wildman–Crippen LogP) is 3.26. The van der Waals surface area contributed by atoms with Gasteiger partial charge < -0.3 is 89.8 Å². The second-order valence-corrected chi connectivity index (χ2v) is 21.1. The summed E-state index contributed by atoms with van der Waals surface area (Å²) in [5.74, 6) is -4.02. The van der Waals surface area contributed by atoms with Gasteiger partial charge in [0.05, 0.1) is 58.7 Å². The van der Waals surface area contributed by atoms with E-state index >= 15 is 0 Å². The normalized spacial score (nSPS) is 20.4. The molecule has 1 heterocycles. The number of alkyl carbamates (subject to hydrolysis) is 3. The van der Waals surface area contributed by atoms with Crippen LogP contribution in [-0.2, 0) is 67.3 Å². The summed E-state index contributed by atoms with van der Waals surface area (Å²) in [4.78, 5) is 112. The van der Waals surface area contributed by atoms with E-state index in [0.717, 1.165) is 35.2 Å². The van der Waals surface area contributed by atoms with E-state index < -0.39 is 188 Å². The molecule has 0 unspecified atom stereocenters. The number of nitro benzene ring substituents is 3. The molecule has 1 saturated carbocycles. The highest BCUT2D eigenvalue weighted by Gasteiger charge is 2.51. The molecule has 0 aromatic heterocycles. The maximum Gasteiger partial charge on any atom is 0.471 e. The molecule has 494 valence electrons. The van der Waals surface area contributed by atoms with Crippen molar-refractivity contribution in [3.8, 4) is 0 Å². The third-order valence-electron chi connectivity index (χ3n) is 13.3. The van der Waals surface area contributed by atoms with Gasteiger partial charge in [-0.15, -0.1) is 0 Å². The number of aliphatic hydroxyl groups excluding tert-OH is 4. The number of amides is 6. The first-order valence-electron chi connectivity index (χ1n) is 27.4. The third kappa shape index (κ3) is 22.2. The van der Waals surface area contributed by atoms with Gasteiger partial charge in [0.1, 0.15) is 61.7 Å². The van der Waals surface area contributed by atoms with Gasteiger partial charge in [0, 0.05) is 50.0 Å². The molecular formula is C54H68F3N9O24. The van der Waals surface area contributed by atoms with Crippen molar-refractivity contribution in [2.75, 3.05) is 33.4 Å². The number of aliphatic hydroxyl groups is 4. The first-order chi connectivity index (χ1) is 42.3. The fourth-order valence-electron chi connectivity index (χ4n) is 8.52. The van der Waals surface area contributed by atoms with Crippen LogP contribution < -0.4 is 26.6 Å². The summed E-state index contributed by atoms with van der Waals surface area (Å²) >= 11 is 0. The lowest BCUT2D eigenvalue weighted by atomic mass is 9.83. The van der Waals surface area contributed by atoms with Crippen molar-refractivity contribution in [3.63, 3.8) is 0 Å². The highest BCUT2D eigenvalue weighted by Crippen LogP contribution is 2.32. The van der Waals surface area contributed by atoms with Crippen LogP contribution in [0.2, 0.25) is 0 Å². The molecule has 6 amide bonds. The Morgan fingerprint density at radius 1 is 0.722 bits per heavy atom. The highest BCUT2D eigenvalue weighted by molar-refractivity contribution is 5.82. The molecule has 36 heteroatoms. The molecule has 2 aliphatic rings. The van der Waals surface area contributed by atoms with E-state index in [0.29, 0.717) is 5.56 Å². The maximum absolute atomic E-state index is 14.0. The first kappa shape index (κ1) is 71.7. The van der Waals surface area contributed by atoms with Gasteiger partial charge in [0.25, 0.3) is 17.1 Å². The number of alkyl halides is 3. The fourth-order valence-corrected chi connectivity index (χ4v) is 8.52. The molecule has 11 atom stereocenters. The van der Waals surface area contributed by atoms with Crippen molar-refractivity contribution in [3.05, 3.63) is 132 Å². The van der Waals surface area contributed by atoms with Crippen molar-refractivity contribution in [2.45, 2.75) is 146 Å². The Morgan fingerprint density at radius 3 is 1.67 bits per heavy atom. The van der Waals surface area contributed by atoms with Crippen LogP contribution in [0.15, 0.2) is 84.6 Å². The second kappa shape index (κ2) is 33.0. The molecule has 0 bridgehead atoms. The van der Waals surface area contributed by atoms with Gasteiger partial charge in [-0.25, -0.2) is 19.2 Å². The van der Waals surface area contributed by atoms with E-state index in [9.17, 15) is 92.7 Å². The van der Waals surface area contributed by atoms with Crippen LogP contribution >= 0.6 is 0 Å². The molecule has 1 aliphatic heterocycles. The van der Waals surface area contributed by atoms with Crippen molar-refractivity contribution in [2.24, 2.45) is 0 Å². The summed E-state index contributed by atoms with van der Waals surface area (Å²) in [7, 11) is 1.25. The molecule has 33 nitrogen and oxygen atoms in total. The van der Waals surface area contributed by atoms with Gasteiger partial charge in [-0.3, -0.25) is 39.9 Å². The molecule has 90 heavy (non-hydrogen) atoms. The monoisotopic (exact) mass is 1280 g/mol. The van der Waals surface area contributed by atoms with Gasteiger partial charge in [-0.05, 0) is 106 Å². The molecular weight excluding hydrogens is 1220 g/mol. The smallest absolute Gasteiger partial charge is 0.465 e. The van der Waals surface area contributed by atoms with Gasteiger partial charge in [0.2, 0.25) is 12.2 Å². The molecule has 1 aliphatic carbocycles. The van der Waals surface area contributed by atoms with E-state index in [1.54, 1.807) is 26.1 Å². The Bertz CT molecular complexity index is 2990. The van der Waals surface area contributed by atoms with Crippen LogP contribution in [0.1, 0.15) is 63.6 Å².